The Morgan fingerprint density at radius 1 is 1.47 bits per heavy atom. The molecule has 0 heterocycles. The van der Waals surface area contributed by atoms with Crippen molar-refractivity contribution in [3.05, 3.63) is 34.6 Å². The van der Waals surface area contributed by atoms with Crippen molar-refractivity contribution < 1.29 is 9.18 Å². The molecule has 1 aromatic carbocycles. The van der Waals surface area contributed by atoms with Gasteiger partial charge in [0.05, 0.1) is 0 Å². The molecule has 1 aliphatic rings. The largest absolute Gasteiger partial charge is 0.329 e. The highest BCUT2D eigenvalue weighted by atomic mass is 35.5. The number of halogens is 2. The van der Waals surface area contributed by atoms with Crippen LogP contribution in [0.1, 0.15) is 24.8 Å². The van der Waals surface area contributed by atoms with E-state index in [0.29, 0.717) is 17.1 Å². The third kappa shape index (κ3) is 2.22. The maximum atomic E-state index is 13.6. The highest BCUT2D eigenvalue weighted by Gasteiger charge is 2.42. The molecule has 0 aliphatic heterocycles. The van der Waals surface area contributed by atoms with Gasteiger partial charge in [-0.1, -0.05) is 24.1 Å². The molecule has 0 amide bonds. The molecule has 2 N–H and O–H groups in total. The summed E-state index contributed by atoms with van der Waals surface area (Å²) in [6.07, 6.45) is 2.69. The first-order valence-electron chi connectivity index (χ1n) is 5.75. The van der Waals surface area contributed by atoms with E-state index in [1.54, 1.807) is 6.07 Å². The Morgan fingerprint density at radius 2 is 2.18 bits per heavy atom. The molecule has 0 radical (unpaired) electrons. The van der Waals surface area contributed by atoms with Crippen molar-refractivity contribution in [1.29, 1.82) is 0 Å². The fourth-order valence-electron chi connectivity index (χ4n) is 2.25. The van der Waals surface area contributed by atoms with Gasteiger partial charge in [-0.25, -0.2) is 4.39 Å². The molecule has 92 valence electrons. The monoisotopic (exact) mass is 255 g/mol. The van der Waals surface area contributed by atoms with Crippen LogP contribution in [-0.4, -0.2) is 12.3 Å². The second kappa shape index (κ2) is 4.75. The summed E-state index contributed by atoms with van der Waals surface area (Å²) < 4.78 is 13.6. The molecule has 2 nitrogen and oxygen atoms in total. The van der Waals surface area contributed by atoms with Crippen molar-refractivity contribution in [2.45, 2.75) is 25.7 Å². The molecule has 2 rings (SSSR count). The van der Waals surface area contributed by atoms with E-state index in [-0.39, 0.29) is 12.2 Å². The summed E-state index contributed by atoms with van der Waals surface area (Å²) >= 11 is 5.90. The van der Waals surface area contributed by atoms with Crippen LogP contribution in [0, 0.1) is 11.2 Å². The van der Waals surface area contributed by atoms with E-state index in [1.165, 1.54) is 12.1 Å². The van der Waals surface area contributed by atoms with Crippen molar-refractivity contribution in [3.63, 3.8) is 0 Å². The lowest BCUT2D eigenvalue weighted by atomic mass is 9.65. The minimum absolute atomic E-state index is 0.0123. The molecule has 4 heteroatoms. The number of benzene rings is 1. The lowest BCUT2D eigenvalue weighted by molar-refractivity contribution is -0.132. The summed E-state index contributed by atoms with van der Waals surface area (Å²) in [6.45, 7) is 0.345. The molecule has 17 heavy (non-hydrogen) atoms. The number of nitrogens with two attached hydrogens (primary N) is 1. The van der Waals surface area contributed by atoms with Crippen molar-refractivity contribution in [2.24, 2.45) is 11.1 Å². The zero-order valence-corrected chi connectivity index (χ0v) is 10.3. The summed E-state index contributed by atoms with van der Waals surface area (Å²) in [4.78, 5) is 12.1. The molecule has 0 aromatic heterocycles. The van der Waals surface area contributed by atoms with Crippen LogP contribution in [0.5, 0.6) is 0 Å². The van der Waals surface area contributed by atoms with Crippen LogP contribution in [0.25, 0.3) is 0 Å². The van der Waals surface area contributed by atoms with Crippen molar-refractivity contribution in [3.8, 4) is 0 Å². The van der Waals surface area contributed by atoms with Crippen LogP contribution in [0.3, 0.4) is 0 Å². The number of hydrogen-bond donors (Lipinski definition) is 1. The summed E-state index contributed by atoms with van der Waals surface area (Å²) in [5.41, 5.74) is 5.52. The molecule has 1 saturated carbocycles. The van der Waals surface area contributed by atoms with Crippen LogP contribution < -0.4 is 5.73 Å². The van der Waals surface area contributed by atoms with Gasteiger partial charge in [0, 0.05) is 29.0 Å². The lowest BCUT2D eigenvalue weighted by Gasteiger charge is -2.39. The van der Waals surface area contributed by atoms with Gasteiger partial charge in [-0.15, -0.1) is 0 Å². The standard InChI is InChI=1S/C13H15ClFNO/c14-10-3-1-4-11(15)9(10)7-12(17)13(8-16)5-2-6-13/h1,3-4H,2,5-8,16H2. The minimum atomic E-state index is -0.425. The van der Waals surface area contributed by atoms with E-state index in [2.05, 4.69) is 0 Å². The van der Waals surface area contributed by atoms with Crippen LogP contribution in [0.4, 0.5) is 4.39 Å². The molecular formula is C13H15ClFNO. The molecule has 0 unspecified atom stereocenters. The molecule has 0 saturated heterocycles. The van der Waals surface area contributed by atoms with Gasteiger partial charge in [0.2, 0.25) is 0 Å². The van der Waals surface area contributed by atoms with Gasteiger partial charge in [-0.3, -0.25) is 4.79 Å². The number of carbonyl (C=O) groups is 1. The number of carbonyl (C=O) groups excluding carboxylic acids is 1. The van der Waals surface area contributed by atoms with Crippen LogP contribution >= 0.6 is 11.6 Å². The maximum absolute atomic E-state index is 13.6. The Morgan fingerprint density at radius 3 is 2.65 bits per heavy atom. The van der Waals surface area contributed by atoms with Crippen LogP contribution in [-0.2, 0) is 11.2 Å². The Labute approximate surface area is 105 Å². The highest BCUT2D eigenvalue weighted by molar-refractivity contribution is 6.31. The Kier molecular flexibility index (Phi) is 3.50. The second-order valence-electron chi connectivity index (χ2n) is 4.64. The molecule has 1 fully saturated rings. The Hall–Kier alpha value is -0.930. The lowest BCUT2D eigenvalue weighted by Crippen LogP contribution is -2.45. The van der Waals surface area contributed by atoms with Gasteiger partial charge in [-0.05, 0) is 25.0 Å². The fraction of sp³-hybridized carbons (Fsp3) is 0.462. The van der Waals surface area contributed by atoms with Gasteiger partial charge in [0.15, 0.2) is 0 Å². The van der Waals surface area contributed by atoms with Gasteiger partial charge in [-0.2, -0.15) is 0 Å². The number of Topliss-reactive ketones (excluding diaryl/α,β-unsaturated/α-hetero) is 1. The smallest absolute Gasteiger partial charge is 0.144 e. The molecule has 0 bridgehead atoms. The predicted molar refractivity (Wildman–Crippen MR) is 65.5 cm³/mol. The van der Waals surface area contributed by atoms with Gasteiger partial charge < -0.3 is 5.73 Å². The normalized spacial score (nSPS) is 17.6. The van der Waals surface area contributed by atoms with E-state index in [4.69, 9.17) is 17.3 Å². The first-order chi connectivity index (χ1) is 8.09. The zero-order chi connectivity index (χ0) is 12.5. The van der Waals surface area contributed by atoms with Crippen LogP contribution in [0.15, 0.2) is 18.2 Å². The second-order valence-corrected chi connectivity index (χ2v) is 5.05. The molecular weight excluding hydrogens is 241 g/mol. The van der Waals surface area contributed by atoms with E-state index in [9.17, 15) is 9.18 Å². The Bertz CT molecular complexity index is 417. The van der Waals surface area contributed by atoms with Crippen LogP contribution in [0.2, 0.25) is 5.02 Å². The molecule has 1 aromatic rings. The number of ketones is 1. The van der Waals surface area contributed by atoms with E-state index >= 15 is 0 Å². The maximum Gasteiger partial charge on any atom is 0.144 e. The minimum Gasteiger partial charge on any atom is -0.329 e. The summed E-state index contributed by atoms with van der Waals surface area (Å²) in [5.74, 6) is -0.407. The van der Waals surface area contributed by atoms with E-state index < -0.39 is 11.2 Å². The average molecular weight is 256 g/mol. The SMILES string of the molecule is NCC1(C(=O)Cc2c(F)cccc2Cl)CCC1. The van der Waals surface area contributed by atoms with E-state index in [0.717, 1.165) is 19.3 Å². The van der Waals surface area contributed by atoms with Gasteiger partial charge >= 0.3 is 0 Å². The number of rotatable bonds is 4. The first-order valence-corrected chi connectivity index (χ1v) is 6.13. The fourth-order valence-corrected chi connectivity index (χ4v) is 2.48. The highest BCUT2D eigenvalue weighted by Crippen LogP contribution is 2.41. The van der Waals surface area contributed by atoms with E-state index in [1.807, 2.05) is 0 Å². The van der Waals surface area contributed by atoms with Gasteiger partial charge in [0.25, 0.3) is 0 Å². The molecule has 1 aliphatic carbocycles. The molecule has 0 atom stereocenters. The van der Waals surface area contributed by atoms with Crippen molar-refractivity contribution >= 4 is 17.4 Å². The zero-order valence-electron chi connectivity index (χ0n) is 9.51. The summed E-state index contributed by atoms with van der Waals surface area (Å²) in [5, 5.41) is 0.310. The first kappa shape index (κ1) is 12.5. The quantitative estimate of drug-likeness (QED) is 0.899. The Balaban J connectivity index is 2.18. The van der Waals surface area contributed by atoms with Crippen molar-refractivity contribution in [1.82, 2.24) is 0 Å². The predicted octanol–water partition coefficient (Wildman–Crippen LogP) is 2.72. The third-order valence-corrected chi connectivity index (χ3v) is 4.05. The molecule has 0 spiro atoms. The average Bonchev–Trinajstić information content (AvgIpc) is 2.23. The van der Waals surface area contributed by atoms with Crippen molar-refractivity contribution in [2.75, 3.05) is 6.54 Å². The number of hydrogen-bond acceptors (Lipinski definition) is 2. The summed E-state index contributed by atoms with van der Waals surface area (Å²) in [6, 6.07) is 4.46. The third-order valence-electron chi connectivity index (χ3n) is 3.69. The summed E-state index contributed by atoms with van der Waals surface area (Å²) in [7, 11) is 0. The van der Waals surface area contributed by atoms with Gasteiger partial charge in [0.1, 0.15) is 11.6 Å². The topological polar surface area (TPSA) is 43.1 Å².